The summed E-state index contributed by atoms with van der Waals surface area (Å²) in [5.41, 5.74) is -1.27. The molecular formula is C12H15NO5S. The molecular weight excluding hydrogens is 270 g/mol. The molecule has 2 aliphatic rings. The Morgan fingerprint density at radius 1 is 1.32 bits per heavy atom. The van der Waals surface area contributed by atoms with Crippen molar-refractivity contribution in [2.75, 3.05) is 12.3 Å². The summed E-state index contributed by atoms with van der Waals surface area (Å²) in [6.45, 7) is -0.0890. The average Bonchev–Trinajstić information content (AvgIpc) is 2.88. The number of hydrogen-bond donors (Lipinski definition) is 2. The van der Waals surface area contributed by atoms with Crippen molar-refractivity contribution in [2.24, 2.45) is 5.41 Å². The number of rotatable bonds is 3. The summed E-state index contributed by atoms with van der Waals surface area (Å²) in [5.74, 6) is -1.70. The van der Waals surface area contributed by atoms with Crippen LogP contribution in [-0.2, 0) is 19.2 Å². The van der Waals surface area contributed by atoms with Crippen molar-refractivity contribution in [3.63, 3.8) is 0 Å². The van der Waals surface area contributed by atoms with Crippen LogP contribution < -0.4 is 0 Å². The van der Waals surface area contributed by atoms with Crippen LogP contribution in [0, 0.1) is 5.41 Å². The van der Waals surface area contributed by atoms with Gasteiger partial charge in [0, 0.05) is 25.8 Å². The second kappa shape index (κ2) is 4.96. The van der Waals surface area contributed by atoms with Crippen LogP contribution in [0.4, 0.5) is 0 Å². The number of hydrogen-bond acceptors (Lipinski definition) is 5. The quantitative estimate of drug-likeness (QED) is 0.558. The molecule has 2 fully saturated rings. The van der Waals surface area contributed by atoms with Gasteiger partial charge in [0.2, 0.25) is 5.91 Å². The van der Waals surface area contributed by atoms with Crippen LogP contribution in [0.15, 0.2) is 0 Å². The second-order valence-corrected chi connectivity index (χ2v) is 5.43. The first kappa shape index (κ1) is 14.0. The number of carboxylic acid groups (broad SMARTS) is 1. The van der Waals surface area contributed by atoms with Gasteiger partial charge in [-0.3, -0.25) is 14.4 Å². The van der Waals surface area contributed by atoms with Gasteiger partial charge in [0.15, 0.2) is 0 Å². The highest BCUT2D eigenvalue weighted by molar-refractivity contribution is 7.80. The average molecular weight is 285 g/mol. The Morgan fingerprint density at radius 2 is 1.89 bits per heavy atom. The molecule has 0 unspecified atom stereocenters. The van der Waals surface area contributed by atoms with E-state index >= 15 is 0 Å². The topological polar surface area (TPSA) is 91.8 Å². The van der Waals surface area contributed by atoms with Crippen molar-refractivity contribution in [3.8, 4) is 0 Å². The smallest absolute Gasteiger partial charge is 0.326 e. The summed E-state index contributed by atoms with van der Waals surface area (Å²) in [6.07, 6.45) is 0.323. The molecule has 19 heavy (non-hydrogen) atoms. The molecule has 1 aliphatic heterocycles. The molecule has 1 N–H and O–H groups in total. The van der Waals surface area contributed by atoms with Gasteiger partial charge < -0.3 is 10.0 Å². The van der Waals surface area contributed by atoms with Gasteiger partial charge in [-0.25, -0.2) is 4.79 Å². The van der Waals surface area contributed by atoms with E-state index in [0.717, 1.165) is 4.90 Å². The minimum atomic E-state index is -1.27. The summed E-state index contributed by atoms with van der Waals surface area (Å²) < 4.78 is 0. The van der Waals surface area contributed by atoms with E-state index in [1.54, 1.807) is 0 Å². The summed E-state index contributed by atoms with van der Waals surface area (Å²) >= 11 is 3.94. The highest BCUT2D eigenvalue weighted by Crippen LogP contribution is 2.43. The van der Waals surface area contributed by atoms with E-state index in [9.17, 15) is 24.3 Å². The van der Waals surface area contributed by atoms with Crippen molar-refractivity contribution < 1.29 is 24.3 Å². The predicted octanol–water partition coefficient (Wildman–Crippen LogP) is -0.0898. The number of thiol groups is 1. The van der Waals surface area contributed by atoms with Crippen LogP contribution in [0.1, 0.15) is 25.7 Å². The highest BCUT2D eigenvalue weighted by Gasteiger charge is 2.59. The summed E-state index contributed by atoms with van der Waals surface area (Å²) in [4.78, 5) is 48.2. The van der Waals surface area contributed by atoms with E-state index in [2.05, 4.69) is 12.6 Å². The van der Waals surface area contributed by atoms with Crippen LogP contribution in [0.5, 0.6) is 0 Å². The molecule has 6 nitrogen and oxygen atoms in total. The number of Topliss-reactive ketones (excluding diaryl/α,β-unsaturated/α-hetero) is 2. The lowest BCUT2D eigenvalue weighted by Gasteiger charge is -2.22. The van der Waals surface area contributed by atoms with E-state index in [0.29, 0.717) is 5.75 Å². The fraction of sp³-hybridized carbons (Fsp3) is 0.667. The zero-order chi connectivity index (χ0) is 14.2. The maximum absolute atomic E-state index is 11.9. The molecule has 1 aliphatic carbocycles. The Hall–Kier alpha value is -1.37. The maximum atomic E-state index is 11.9. The van der Waals surface area contributed by atoms with Crippen molar-refractivity contribution in [3.05, 3.63) is 0 Å². The second-order valence-electron chi connectivity index (χ2n) is 4.98. The zero-order valence-corrected chi connectivity index (χ0v) is 11.2. The monoisotopic (exact) mass is 285 g/mol. The number of nitrogens with zero attached hydrogens (tertiary/aromatic N) is 1. The number of carbonyl (C=O) groups is 4. The largest absolute Gasteiger partial charge is 0.480 e. The molecule has 1 heterocycles. The van der Waals surface area contributed by atoms with Crippen LogP contribution in [0.25, 0.3) is 0 Å². The predicted molar refractivity (Wildman–Crippen MR) is 67.9 cm³/mol. The lowest BCUT2D eigenvalue weighted by molar-refractivity contribution is -0.148. The summed E-state index contributed by atoms with van der Waals surface area (Å²) in [7, 11) is 0. The molecule has 104 valence electrons. The van der Waals surface area contributed by atoms with Gasteiger partial charge in [0.25, 0.3) is 0 Å². The number of amides is 1. The van der Waals surface area contributed by atoms with E-state index in [1.807, 2.05) is 0 Å². The molecule has 1 saturated carbocycles. The molecule has 1 atom stereocenters. The molecule has 1 saturated heterocycles. The van der Waals surface area contributed by atoms with Crippen molar-refractivity contribution >= 4 is 36.1 Å². The minimum Gasteiger partial charge on any atom is -0.480 e. The van der Waals surface area contributed by atoms with Gasteiger partial charge in [0.1, 0.15) is 23.0 Å². The molecule has 0 radical (unpaired) electrons. The van der Waals surface area contributed by atoms with Gasteiger partial charge in [0.05, 0.1) is 0 Å². The molecule has 7 heteroatoms. The third-order valence-corrected chi connectivity index (χ3v) is 4.16. The van der Waals surface area contributed by atoms with Crippen molar-refractivity contribution in [2.45, 2.75) is 31.7 Å². The number of ketones is 2. The van der Waals surface area contributed by atoms with Gasteiger partial charge in [-0.1, -0.05) is 0 Å². The number of carbonyl (C=O) groups excluding carboxylic acids is 3. The van der Waals surface area contributed by atoms with Crippen LogP contribution in [0.2, 0.25) is 0 Å². The Labute approximate surface area is 115 Å². The van der Waals surface area contributed by atoms with E-state index in [4.69, 9.17) is 0 Å². The Morgan fingerprint density at radius 3 is 2.37 bits per heavy atom. The fourth-order valence-corrected chi connectivity index (χ4v) is 3.08. The first-order valence-electron chi connectivity index (χ1n) is 6.12. The van der Waals surface area contributed by atoms with Crippen LogP contribution in [-0.4, -0.2) is 51.8 Å². The van der Waals surface area contributed by atoms with Crippen molar-refractivity contribution in [1.29, 1.82) is 0 Å². The SMILES string of the molecule is O=C(O)[C@@H]1CC2(CN1C(=O)CCS)C(=O)CCC2=O. The Balaban J connectivity index is 2.30. The van der Waals surface area contributed by atoms with Crippen molar-refractivity contribution in [1.82, 2.24) is 4.90 Å². The normalized spacial score (nSPS) is 25.3. The molecule has 1 spiro atoms. The van der Waals surface area contributed by atoms with Gasteiger partial charge in [-0.15, -0.1) is 0 Å². The molecule has 0 aromatic rings. The van der Waals surface area contributed by atoms with Gasteiger partial charge in [-0.2, -0.15) is 12.6 Å². The maximum Gasteiger partial charge on any atom is 0.326 e. The van der Waals surface area contributed by atoms with Crippen LogP contribution >= 0.6 is 12.6 Å². The zero-order valence-electron chi connectivity index (χ0n) is 10.3. The standard InChI is InChI=1S/C12H15NO5S/c14-8-1-2-9(15)12(8)5-7(11(17)18)13(6-12)10(16)3-4-19/h7,19H,1-6H2,(H,17,18)/t7-/m0/s1. The van der Waals surface area contributed by atoms with E-state index in [-0.39, 0.29) is 49.7 Å². The van der Waals surface area contributed by atoms with Crippen LogP contribution in [0.3, 0.4) is 0 Å². The lowest BCUT2D eigenvalue weighted by Crippen LogP contribution is -2.41. The third-order valence-electron chi connectivity index (χ3n) is 3.94. The first-order valence-corrected chi connectivity index (χ1v) is 6.75. The molecule has 1 amide bonds. The molecule has 0 bridgehead atoms. The number of likely N-dealkylation sites (tertiary alicyclic amines) is 1. The summed E-state index contributed by atoms with van der Waals surface area (Å²) in [6, 6.07) is -1.08. The Kier molecular flexibility index (Phi) is 3.66. The minimum absolute atomic E-state index is 0.0850. The molecule has 2 rings (SSSR count). The lowest BCUT2D eigenvalue weighted by atomic mass is 9.82. The summed E-state index contributed by atoms with van der Waals surface area (Å²) in [5, 5.41) is 9.18. The Bertz CT molecular complexity index is 445. The first-order chi connectivity index (χ1) is 8.92. The highest BCUT2D eigenvalue weighted by atomic mass is 32.1. The third kappa shape index (κ3) is 2.16. The van der Waals surface area contributed by atoms with Gasteiger partial charge in [-0.05, 0) is 12.2 Å². The molecule has 0 aromatic heterocycles. The van der Waals surface area contributed by atoms with E-state index < -0.39 is 17.4 Å². The molecule has 0 aromatic carbocycles. The number of carboxylic acids is 1. The number of aliphatic carboxylic acids is 1. The fourth-order valence-electron chi connectivity index (χ4n) is 2.89. The van der Waals surface area contributed by atoms with E-state index in [1.165, 1.54) is 0 Å². The van der Waals surface area contributed by atoms with Gasteiger partial charge >= 0.3 is 5.97 Å².